The Morgan fingerprint density at radius 3 is 2.22 bits per heavy atom. The van der Waals surface area contributed by atoms with Gasteiger partial charge in [0.2, 0.25) is 5.91 Å². The quantitative estimate of drug-likeness (QED) is 0.586. The molecule has 2 atom stereocenters. The molecule has 2 N–H and O–H groups in total. The summed E-state index contributed by atoms with van der Waals surface area (Å²) in [6, 6.07) is 17.9. The molecule has 1 aliphatic heterocycles. The molecule has 1 aliphatic rings. The van der Waals surface area contributed by atoms with Crippen molar-refractivity contribution in [1.29, 1.82) is 0 Å². The molecule has 0 aliphatic carbocycles. The van der Waals surface area contributed by atoms with Crippen molar-refractivity contribution in [3.63, 3.8) is 0 Å². The molecule has 3 aromatic rings. The molecule has 2 aromatic carbocycles. The zero-order valence-corrected chi connectivity index (χ0v) is 18.4. The van der Waals surface area contributed by atoms with Gasteiger partial charge < -0.3 is 10.4 Å². The van der Waals surface area contributed by atoms with Crippen LogP contribution in [0.1, 0.15) is 37.9 Å². The molecule has 0 saturated heterocycles. The number of benzene rings is 2. The molecule has 0 saturated carbocycles. The first-order valence-corrected chi connectivity index (χ1v) is 10.7. The van der Waals surface area contributed by atoms with Crippen molar-refractivity contribution in [2.24, 2.45) is 5.41 Å². The summed E-state index contributed by atoms with van der Waals surface area (Å²) in [5.41, 5.74) is 4.28. The number of carbonyl (C=O) groups is 2. The number of nitrogens with zero attached hydrogens (tertiary/aromatic N) is 2. The van der Waals surface area contributed by atoms with Crippen LogP contribution in [0.25, 0.3) is 11.1 Å². The number of hydrogen-bond donors (Lipinski definition) is 2. The summed E-state index contributed by atoms with van der Waals surface area (Å²) in [7, 11) is 0. The lowest BCUT2D eigenvalue weighted by molar-refractivity contribution is -0.122. The van der Waals surface area contributed by atoms with Crippen molar-refractivity contribution in [2.75, 3.05) is 5.32 Å². The van der Waals surface area contributed by atoms with Crippen LogP contribution in [-0.4, -0.2) is 33.0 Å². The van der Waals surface area contributed by atoms with Gasteiger partial charge in [-0.3, -0.25) is 14.7 Å². The monoisotopic (exact) mass is 429 g/mol. The maximum Gasteiger partial charge on any atom is 0.408 e. The fourth-order valence-electron chi connectivity index (χ4n) is 4.49. The topological polar surface area (TPSA) is 82.5 Å². The molecule has 164 valence electrons. The van der Waals surface area contributed by atoms with Crippen LogP contribution in [0.15, 0.2) is 73.1 Å². The molecule has 1 aromatic heterocycles. The van der Waals surface area contributed by atoms with Gasteiger partial charge in [-0.05, 0) is 51.9 Å². The van der Waals surface area contributed by atoms with Crippen molar-refractivity contribution in [3.8, 4) is 11.1 Å². The van der Waals surface area contributed by atoms with E-state index in [1.54, 1.807) is 12.4 Å². The van der Waals surface area contributed by atoms with Crippen LogP contribution in [0.4, 0.5) is 10.5 Å². The molecular weight excluding hydrogens is 402 g/mol. The molecule has 6 heteroatoms. The van der Waals surface area contributed by atoms with E-state index in [4.69, 9.17) is 0 Å². The van der Waals surface area contributed by atoms with Gasteiger partial charge in [0.1, 0.15) is 6.04 Å². The Morgan fingerprint density at radius 2 is 1.59 bits per heavy atom. The summed E-state index contributed by atoms with van der Waals surface area (Å²) in [6.45, 7) is 6.01. The van der Waals surface area contributed by atoms with E-state index < -0.39 is 18.2 Å². The summed E-state index contributed by atoms with van der Waals surface area (Å²) in [6.07, 6.45) is 2.72. The Bertz CT molecular complexity index is 1120. The molecule has 0 bridgehead atoms. The van der Waals surface area contributed by atoms with Gasteiger partial charge in [0.15, 0.2) is 0 Å². The minimum Gasteiger partial charge on any atom is -0.465 e. The SMILES string of the molecule is CC(C)(C)C1c2ccccc2C[C@@H](C(=O)Nc2ccc(-c3ccncc3)cc2)N1C(=O)O. The Labute approximate surface area is 187 Å². The minimum atomic E-state index is -1.09. The number of rotatable bonds is 3. The highest BCUT2D eigenvalue weighted by Crippen LogP contribution is 2.44. The highest BCUT2D eigenvalue weighted by atomic mass is 16.4. The van der Waals surface area contributed by atoms with Crippen LogP contribution in [0.5, 0.6) is 0 Å². The largest absolute Gasteiger partial charge is 0.465 e. The van der Waals surface area contributed by atoms with Crippen LogP contribution in [0.2, 0.25) is 0 Å². The average Bonchev–Trinajstić information content (AvgIpc) is 2.78. The zero-order chi connectivity index (χ0) is 22.9. The summed E-state index contributed by atoms with van der Waals surface area (Å²) in [5.74, 6) is -0.326. The van der Waals surface area contributed by atoms with E-state index in [1.807, 2.05) is 81.4 Å². The number of amides is 2. The first-order valence-electron chi connectivity index (χ1n) is 10.7. The normalized spacial score (nSPS) is 18.0. The Balaban J connectivity index is 1.62. The van der Waals surface area contributed by atoms with E-state index in [0.717, 1.165) is 22.3 Å². The number of carbonyl (C=O) groups excluding carboxylic acids is 1. The van der Waals surface area contributed by atoms with Gasteiger partial charge in [0, 0.05) is 24.5 Å². The van der Waals surface area contributed by atoms with Crippen molar-refractivity contribution in [3.05, 3.63) is 84.2 Å². The molecule has 0 spiro atoms. The maximum atomic E-state index is 13.3. The lowest BCUT2D eigenvalue weighted by atomic mass is 9.75. The van der Waals surface area contributed by atoms with E-state index in [9.17, 15) is 14.7 Å². The van der Waals surface area contributed by atoms with Gasteiger partial charge in [0.25, 0.3) is 0 Å². The molecule has 0 fully saturated rings. The Hall–Kier alpha value is -3.67. The number of aromatic nitrogens is 1. The Kier molecular flexibility index (Phi) is 5.70. The van der Waals surface area contributed by atoms with E-state index in [0.29, 0.717) is 12.1 Å². The second-order valence-electron chi connectivity index (χ2n) is 9.18. The number of nitrogens with one attached hydrogen (secondary N) is 1. The van der Waals surface area contributed by atoms with Gasteiger partial charge in [-0.15, -0.1) is 0 Å². The Morgan fingerprint density at radius 1 is 0.969 bits per heavy atom. The predicted molar refractivity (Wildman–Crippen MR) is 124 cm³/mol. The number of carboxylic acid groups (broad SMARTS) is 1. The summed E-state index contributed by atoms with van der Waals surface area (Å²) in [4.78, 5) is 31.0. The first kappa shape index (κ1) is 21.6. The highest BCUT2D eigenvalue weighted by Gasteiger charge is 2.45. The van der Waals surface area contributed by atoms with E-state index in [1.165, 1.54) is 4.90 Å². The molecule has 2 heterocycles. The number of hydrogen-bond acceptors (Lipinski definition) is 3. The second kappa shape index (κ2) is 8.46. The molecule has 32 heavy (non-hydrogen) atoms. The maximum absolute atomic E-state index is 13.3. The smallest absolute Gasteiger partial charge is 0.408 e. The van der Waals surface area contributed by atoms with Gasteiger partial charge in [0.05, 0.1) is 6.04 Å². The lowest BCUT2D eigenvalue weighted by Crippen LogP contribution is -2.55. The fraction of sp³-hybridized carbons (Fsp3) is 0.269. The second-order valence-corrected chi connectivity index (χ2v) is 9.18. The van der Waals surface area contributed by atoms with Crippen molar-refractivity contribution in [2.45, 2.75) is 39.3 Å². The van der Waals surface area contributed by atoms with E-state index in [-0.39, 0.29) is 11.3 Å². The van der Waals surface area contributed by atoms with E-state index in [2.05, 4.69) is 10.3 Å². The van der Waals surface area contributed by atoms with Crippen LogP contribution >= 0.6 is 0 Å². The van der Waals surface area contributed by atoms with Crippen LogP contribution in [0, 0.1) is 5.41 Å². The summed E-state index contributed by atoms with van der Waals surface area (Å²) >= 11 is 0. The minimum absolute atomic E-state index is 0.326. The third-order valence-electron chi connectivity index (χ3n) is 5.89. The van der Waals surface area contributed by atoms with Crippen molar-refractivity contribution in [1.82, 2.24) is 9.88 Å². The summed E-state index contributed by atoms with van der Waals surface area (Å²) in [5, 5.41) is 13.0. The van der Waals surface area contributed by atoms with Gasteiger partial charge >= 0.3 is 6.09 Å². The summed E-state index contributed by atoms with van der Waals surface area (Å²) < 4.78 is 0. The standard InChI is InChI=1S/C26H27N3O3/c1-26(2,3)23-21-7-5-4-6-19(21)16-22(29(23)25(31)32)24(30)28-20-10-8-17(9-11-20)18-12-14-27-15-13-18/h4-15,22-23H,16H2,1-3H3,(H,28,30)(H,31,32)/t22-,23?/m0/s1. The lowest BCUT2D eigenvalue weighted by Gasteiger charge is -2.46. The molecule has 4 rings (SSSR count). The number of anilines is 1. The van der Waals surface area contributed by atoms with Gasteiger partial charge in [-0.1, -0.05) is 57.2 Å². The van der Waals surface area contributed by atoms with Crippen LogP contribution < -0.4 is 5.32 Å². The van der Waals surface area contributed by atoms with E-state index >= 15 is 0 Å². The predicted octanol–water partition coefficient (Wildman–Crippen LogP) is 5.38. The molecule has 6 nitrogen and oxygen atoms in total. The number of pyridine rings is 1. The van der Waals surface area contributed by atoms with Crippen molar-refractivity contribution >= 4 is 17.7 Å². The third kappa shape index (κ3) is 4.21. The zero-order valence-electron chi connectivity index (χ0n) is 18.4. The molecule has 0 radical (unpaired) electrons. The van der Waals surface area contributed by atoms with Crippen molar-refractivity contribution < 1.29 is 14.7 Å². The van der Waals surface area contributed by atoms with Crippen LogP contribution in [0.3, 0.4) is 0 Å². The third-order valence-corrected chi connectivity index (χ3v) is 5.89. The first-order chi connectivity index (χ1) is 15.3. The molecule has 2 amide bonds. The van der Waals surface area contributed by atoms with Crippen LogP contribution in [-0.2, 0) is 11.2 Å². The highest BCUT2D eigenvalue weighted by molar-refractivity contribution is 5.97. The van der Waals surface area contributed by atoms with Gasteiger partial charge in [-0.2, -0.15) is 0 Å². The fourth-order valence-corrected chi connectivity index (χ4v) is 4.49. The average molecular weight is 430 g/mol. The number of fused-ring (bicyclic) bond motifs is 1. The molecular formula is C26H27N3O3. The molecule has 1 unspecified atom stereocenters. The van der Waals surface area contributed by atoms with Gasteiger partial charge in [-0.25, -0.2) is 4.79 Å².